The second-order valence-corrected chi connectivity index (χ2v) is 5.64. The highest BCUT2D eigenvalue weighted by Gasteiger charge is 2.15. The summed E-state index contributed by atoms with van der Waals surface area (Å²) in [7, 11) is 2.06. The van der Waals surface area contributed by atoms with Crippen LogP contribution in [0.3, 0.4) is 0 Å². The van der Waals surface area contributed by atoms with Gasteiger partial charge in [0.1, 0.15) is 5.82 Å². The van der Waals surface area contributed by atoms with E-state index in [0.717, 1.165) is 30.2 Å². The number of benzene rings is 2. The number of rotatable bonds is 6. The van der Waals surface area contributed by atoms with Crippen molar-refractivity contribution < 1.29 is 0 Å². The Morgan fingerprint density at radius 3 is 1.96 bits per heavy atom. The molecule has 0 bridgehead atoms. The zero-order valence-electron chi connectivity index (χ0n) is 14.1. The Hall–Kier alpha value is -2.88. The van der Waals surface area contributed by atoms with E-state index in [1.165, 1.54) is 0 Å². The maximum atomic E-state index is 4.79. The third-order valence-electron chi connectivity index (χ3n) is 3.81. The lowest BCUT2D eigenvalue weighted by Crippen LogP contribution is -2.21. The van der Waals surface area contributed by atoms with Crippen LogP contribution in [0.1, 0.15) is 13.3 Å². The highest BCUT2D eigenvalue weighted by atomic mass is 15.3. The zero-order chi connectivity index (χ0) is 16.8. The Morgan fingerprint density at radius 2 is 1.42 bits per heavy atom. The standard InChI is InChI=1S/C20H22N4/c1-3-16-23(2)19-14-15-21-20(22-19)24(17-10-6-4-7-11-17)18-12-8-5-9-13-18/h4-15H,3,16H2,1-2H3. The van der Waals surface area contributed by atoms with Crippen molar-refractivity contribution in [3.63, 3.8) is 0 Å². The van der Waals surface area contributed by atoms with E-state index in [0.29, 0.717) is 5.95 Å². The van der Waals surface area contributed by atoms with Crippen LogP contribution in [-0.4, -0.2) is 23.6 Å². The van der Waals surface area contributed by atoms with E-state index in [2.05, 4.69) is 53.0 Å². The molecule has 4 heteroatoms. The van der Waals surface area contributed by atoms with Crippen LogP contribution < -0.4 is 9.80 Å². The lowest BCUT2D eigenvalue weighted by atomic mass is 10.2. The molecule has 0 aliphatic heterocycles. The fraction of sp³-hybridized carbons (Fsp3) is 0.200. The Morgan fingerprint density at radius 1 is 0.833 bits per heavy atom. The van der Waals surface area contributed by atoms with Gasteiger partial charge < -0.3 is 4.90 Å². The van der Waals surface area contributed by atoms with E-state index in [9.17, 15) is 0 Å². The minimum atomic E-state index is 0.674. The summed E-state index contributed by atoms with van der Waals surface area (Å²) in [5, 5.41) is 0. The molecule has 0 N–H and O–H groups in total. The van der Waals surface area contributed by atoms with Crippen LogP contribution in [0.4, 0.5) is 23.1 Å². The van der Waals surface area contributed by atoms with Crippen LogP contribution in [-0.2, 0) is 0 Å². The Balaban J connectivity index is 2.05. The molecule has 0 aliphatic rings. The molecule has 2 aromatic carbocycles. The van der Waals surface area contributed by atoms with Crippen molar-refractivity contribution in [3.05, 3.63) is 72.9 Å². The van der Waals surface area contributed by atoms with Gasteiger partial charge in [0.15, 0.2) is 0 Å². The van der Waals surface area contributed by atoms with Crippen molar-refractivity contribution in [2.45, 2.75) is 13.3 Å². The van der Waals surface area contributed by atoms with Gasteiger partial charge in [-0.1, -0.05) is 43.3 Å². The highest BCUT2D eigenvalue weighted by molar-refractivity contribution is 5.72. The number of anilines is 4. The predicted molar refractivity (Wildman–Crippen MR) is 100 cm³/mol. The Bertz CT molecular complexity index is 719. The highest BCUT2D eigenvalue weighted by Crippen LogP contribution is 2.32. The minimum Gasteiger partial charge on any atom is -0.360 e. The van der Waals surface area contributed by atoms with E-state index in [1.807, 2.05) is 48.7 Å². The van der Waals surface area contributed by atoms with E-state index >= 15 is 0 Å². The predicted octanol–water partition coefficient (Wildman–Crippen LogP) is 4.79. The monoisotopic (exact) mass is 318 g/mol. The summed E-state index contributed by atoms with van der Waals surface area (Å²) >= 11 is 0. The molecule has 0 aliphatic carbocycles. The normalized spacial score (nSPS) is 10.4. The number of hydrogen-bond donors (Lipinski definition) is 0. The first-order chi connectivity index (χ1) is 11.8. The second-order valence-electron chi connectivity index (χ2n) is 5.64. The van der Waals surface area contributed by atoms with Crippen LogP contribution in [0.5, 0.6) is 0 Å². The molecule has 0 saturated heterocycles. The van der Waals surface area contributed by atoms with E-state index in [4.69, 9.17) is 4.98 Å². The van der Waals surface area contributed by atoms with E-state index < -0.39 is 0 Å². The largest absolute Gasteiger partial charge is 0.360 e. The summed E-state index contributed by atoms with van der Waals surface area (Å²) in [6.45, 7) is 3.13. The molecule has 1 aromatic heterocycles. The molecule has 3 rings (SSSR count). The first-order valence-electron chi connectivity index (χ1n) is 8.24. The van der Waals surface area contributed by atoms with Crippen LogP contribution in [0.2, 0.25) is 0 Å². The number of aromatic nitrogens is 2. The molecule has 0 fully saturated rings. The van der Waals surface area contributed by atoms with Crippen LogP contribution >= 0.6 is 0 Å². The summed E-state index contributed by atoms with van der Waals surface area (Å²) < 4.78 is 0. The lowest BCUT2D eigenvalue weighted by molar-refractivity contribution is 0.833. The molecule has 0 saturated carbocycles. The second kappa shape index (κ2) is 7.59. The molecular weight excluding hydrogens is 296 g/mol. The summed E-state index contributed by atoms with van der Waals surface area (Å²) in [5.41, 5.74) is 2.08. The zero-order valence-corrected chi connectivity index (χ0v) is 14.1. The third kappa shape index (κ3) is 3.54. The maximum absolute atomic E-state index is 4.79. The van der Waals surface area contributed by atoms with Crippen molar-refractivity contribution >= 4 is 23.1 Å². The van der Waals surface area contributed by atoms with Gasteiger partial charge >= 0.3 is 0 Å². The fourth-order valence-corrected chi connectivity index (χ4v) is 2.64. The van der Waals surface area contributed by atoms with Gasteiger partial charge in [-0.2, -0.15) is 4.98 Å². The molecule has 122 valence electrons. The molecule has 0 atom stereocenters. The first kappa shape index (κ1) is 16.0. The van der Waals surface area contributed by atoms with Crippen molar-refractivity contribution in [1.82, 2.24) is 9.97 Å². The van der Waals surface area contributed by atoms with Gasteiger partial charge in [-0.15, -0.1) is 0 Å². The van der Waals surface area contributed by atoms with Gasteiger partial charge in [-0.3, -0.25) is 4.90 Å². The van der Waals surface area contributed by atoms with E-state index in [1.54, 1.807) is 0 Å². The molecule has 4 nitrogen and oxygen atoms in total. The lowest BCUT2D eigenvalue weighted by Gasteiger charge is -2.24. The Kier molecular flexibility index (Phi) is 5.06. The molecule has 24 heavy (non-hydrogen) atoms. The maximum Gasteiger partial charge on any atom is 0.236 e. The number of nitrogens with zero attached hydrogens (tertiary/aromatic N) is 4. The van der Waals surface area contributed by atoms with Gasteiger partial charge in [-0.05, 0) is 36.8 Å². The molecular formula is C20H22N4. The van der Waals surface area contributed by atoms with Crippen LogP contribution in [0.25, 0.3) is 0 Å². The van der Waals surface area contributed by atoms with Gasteiger partial charge in [0.2, 0.25) is 5.95 Å². The summed E-state index contributed by atoms with van der Waals surface area (Å²) in [5.74, 6) is 1.60. The first-order valence-corrected chi connectivity index (χ1v) is 8.24. The van der Waals surface area contributed by atoms with Crippen molar-refractivity contribution in [3.8, 4) is 0 Å². The molecule has 0 radical (unpaired) electrons. The van der Waals surface area contributed by atoms with Gasteiger partial charge in [0.25, 0.3) is 0 Å². The summed E-state index contributed by atoms with van der Waals surface area (Å²) in [6.07, 6.45) is 2.90. The van der Waals surface area contributed by atoms with E-state index in [-0.39, 0.29) is 0 Å². The number of hydrogen-bond acceptors (Lipinski definition) is 4. The minimum absolute atomic E-state index is 0.674. The van der Waals surface area contributed by atoms with Gasteiger partial charge in [-0.25, -0.2) is 4.98 Å². The summed E-state index contributed by atoms with van der Waals surface area (Å²) in [6, 6.07) is 22.4. The Labute approximate surface area is 143 Å². The van der Waals surface area contributed by atoms with Gasteiger partial charge in [0, 0.05) is 31.2 Å². The van der Waals surface area contributed by atoms with Crippen molar-refractivity contribution in [2.24, 2.45) is 0 Å². The van der Waals surface area contributed by atoms with Crippen LogP contribution in [0, 0.1) is 0 Å². The molecule has 3 aromatic rings. The third-order valence-corrected chi connectivity index (χ3v) is 3.81. The SMILES string of the molecule is CCCN(C)c1ccnc(N(c2ccccc2)c2ccccc2)n1. The smallest absolute Gasteiger partial charge is 0.236 e. The molecule has 1 heterocycles. The summed E-state index contributed by atoms with van der Waals surface area (Å²) in [4.78, 5) is 13.5. The quantitative estimate of drug-likeness (QED) is 0.654. The molecule has 0 unspecified atom stereocenters. The number of para-hydroxylation sites is 2. The average Bonchev–Trinajstić information content (AvgIpc) is 2.64. The topological polar surface area (TPSA) is 32.3 Å². The van der Waals surface area contributed by atoms with Crippen molar-refractivity contribution in [1.29, 1.82) is 0 Å². The van der Waals surface area contributed by atoms with Gasteiger partial charge in [0.05, 0.1) is 0 Å². The van der Waals surface area contributed by atoms with Crippen molar-refractivity contribution in [2.75, 3.05) is 23.4 Å². The van der Waals surface area contributed by atoms with Crippen LogP contribution in [0.15, 0.2) is 72.9 Å². The molecule has 0 amide bonds. The fourth-order valence-electron chi connectivity index (χ4n) is 2.64. The molecule has 0 spiro atoms. The average molecular weight is 318 g/mol.